The Morgan fingerprint density at radius 3 is 2.88 bits per heavy atom. The molecule has 1 aliphatic heterocycles. The minimum atomic E-state index is -0.256. The number of nitrogens with zero attached hydrogens (tertiary/aromatic N) is 2. The number of hydrogen-bond donors (Lipinski definition) is 2. The quantitative estimate of drug-likeness (QED) is 0.738. The second-order valence-corrected chi connectivity index (χ2v) is 6.28. The summed E-state index contributed by atoms with van der Waals surface area (Å²) < 4.78 is 5.59. The van der Waals surface area contributed by atoms with Crippen LogP contribution in [0.3, 0.4) is 0 Å². The number of rotatable bonds is 5. The minimum absolute atomic E-state index is 0.256. The first-order valence-electron chi connectivity index (χ1n) is 8.76. The van der Waals surface area contributed by atoms with Gasteiger partial charge in [-0.1, -0.05) is 18.2 Å². The summed E-state index contributed by atoms with van der Waals surface area (Å²) in [6.07, 6.45) is 5.85. The van der Waals surface area contributed by atoms with E-state index < -0.39 is 0 Å². The van der Waals surface area contributed by atoms with E-state index in [0.717, 1.165) is 42.6 Å². The van der Waals surface area contributed by atoms with E-state index in [1.54, 1.807) is 18.5 Å². The second-order valence-electron chi connectivity index (χ2n) is 6.28. The highest BCUT2D eigenvalue weighted by Crippen LogP contribution is 2.21. The first-order valence-corrected chi connectivity index (χ1v) is 8.76. The monoisotopic (exact) mass is 348 g/mol. The number of benzene rings is 1. The molecule has 6 heteroatoms. The first kappa shape index (κ1) is 16.5. The molecule has 1 fully saturated rings. The lowest BCUT2D eigenvalue weighted by molar-refractivity contribution is 0.102. The molecular weight excluding hydrogens is 328 g/mol. The molecule has 1 unspecified atom stereocenters. The van der Waals surface area contributed by atoms with E-state index in [-0.39, 0.29) is 12.0 Å². The van der Waals surface area contributed by atoms with Crippen molar-refractivity contribution in [3.63, 3.8) is 0 Å². The average molecular weight is 348 g/mol. The van der Waals surface area contributed by atoms with Crippen molar-refractivity contribution in [2.45, 2.75) is 18.9 Å². The third-order valence-corrected chi connectivity index (χ3v) is 4.43. The van der Waals surface area contributed by atoms with Gasteiger partial charge in [0.2, 0.25) is 0 Å². The smallest absolute Gasteiger partial charge is 0.274 e. The summed E-state index contributed by atoms with van der Waals surface area (Å²) in [5.74, 6) is -0.256. The molecule has 6 nitrogen and oxygen atoms in total. The molecule has 1 aromatic carbocycles. The highest BCUT2D eigenvalue weighted by atomic mass is 16.5. The van der Waals surface area contributed by atoms with Crippen molar-refractivity contribution in [1.82, 2.24) is 9.97 Å². The third kappa shape index (κ3) is 3.65. The SMILES string of the molecule is O=C(Nc1cccc2cccnc12)c1ccc(NCC2CCCO2)cn1. The topological polar surface area (TPSA) is 76.1 Å². The van der Waals surface area contributed by atoms with Gasteiger partial charge in [0.25, 0.3) is 5.91 Å². The van der Waals surface area contributed by atoms with Crippen molar-refractivity contribution in [3.8, 4) is 0 Å². The molecule has 0 spiro atoms. The summed E-state index contributed by atoms with van der Waals surface area (Å²) in [4.78, 5) is 21.1. The largest absolute Gasteiger partial charge is 0.381 e. The summed E-state index contributed by atoms with van der Waals surface area (Å²) in [5.41, 5.74) is 2.68. The highest BCUT2D eigenvalue weighted by molar-refractivity contribution is 6.07. The maximum Gasteiger partial charge on any atom is 0.274 e. The van der Waals surface area contributed by atoms with Crippen LogP contribution in [0.25, 0.3) is 10.9 Å². The number of carbonyl (C=O) groups excluding carboxylic acids is 1. The van der Waals surface area contributed by atoms with Gasteiger partial charge in [0.05, 0.1) is 29.2 Å². The van der Waals surface area contributed by atoms with Crippen molar-refractivity contribution in [3.05, 3.63) is 60.6 Å². The molecule has 1 aliphatic rings. The number of nitrogens with one attached hydrogen (secondary N) is 2. The van der Waals surface area contributed by atoms with Crippen LogP contribution >= 0.6 is 0 Å². The Morgan fingerprint density at radius 1 is 1.15 bits per heavy atom. The predicted octanol–water partition coefficient (Wildman–Crippen LogP) is 3.47. The number of pyridine rings is 2. The van der Waals surface area contributed by atoms with E-state index in [4.69, 9.17) is 4.74 Å². The van der Waals surface area contributed by atoms with Crippen LogP contribution in [0, 0.1) is 0 Å². The van der Waals surface area contributed by atoms with E-state index in [9.17, 15) is 4.79 Å². The number of anilines is 2. The normalized spacial score (nSPS) is 16.5. The molecule has 3 aromatic rings. The molecular formula is C20H20N4O2. The molecule has 2 N–H and O–H groups in total. The Kier molecular flexibility index (Phi) is 4.75. The summed E-state index contributed by atoms with van der Waals surface area (Å²) in [5, 5.41) is 7.17. The maximum atomic E-state index is 12.5. The fourth-order valence-corrected chi connectivity index (χ4v) is 3.06. The van der Waals surface area contributed by atoms with Crippen LogP contribution in [0.5, 0.6) is 0 Å². The number of aromatic nitrogens is 2. The molecule has 0 saturated carbocycles. The molecule has 132 valence electrons. The van der Waals surface area contributed by atoms with E-state index in [0.29, 0.717) is 11.4 Å². The Morgan fingerprint density at radius 2 is 2.08 bits per heavy atom. The Labute approximate surface area is 151 Å². The van der Waals surface area contributed by atoms with Crippen molar-refractivity contribution in [2.75, 3.05) is 23.8 Å². The molecule has 0 radical (unpaired) electrons. The van der Waals surface area contributed by atoms with Crippen molar-refractivity contribution >= 4 is 28.2 Å². The van der Waals surface area contributed by atoms with Crippen molar-refractivity contribution in [2.24, 2.45) is 0 Å². The third-order valence-electron chi connectivity index (χ3n) is 4.43. The van der Waals surface area contributed by atoms with Gasteiger partial charge in [-0.2, -0.15) is 0 Å². The molecule has 1 amide bonds. The van der Waals surface area contributed by atoms with Crippen LogP contribution < -0.4 is 10.6 Å². The highest BCUT2D eigenvalue weighted by Gasteiger charge is 2.15. The summed E-state index contributed by atoms with van der Waals surface area (Å²) in [6.45, 7) is 1.60. The van der Waals surface area contributed by atoms with E-state index in [2.05, 4.69) is 20.6 Å². The van der Waals surface area contributed by atoms with Gasteiger partial charge in [-0.25, -0.2) is 4.98 Å². The van der Waals surface area contributed by atoms with Gasteiger partial charge in [0.1, 0.15) is 5.69 Å². The minimum Gasteiger partial charge on any atom is -0.381 e. The fourth-order valence-electron chi connectivity index (χ4n) is 3.06. The maximum absolute atomic E-state index is 12.5. The zero-order valence-electron chi connectivity index (χ0n) is 14.3. The van der Waals surface area contributed by atoms with Crippen LogP contribution in [-0.2, 0) is 4.74 Å². The number of hydrogen-bond acceptors (Lipinski definition) is 5. The lowest BCUT2D eigenvalue weighted by Gasteiger charge is -2.12. The Balaban J connectivity index is 1.42. The molecule has 1 atom stereocenters. The molecule has 0 bridgehead atoms. The van der Waals surface area contributed by atoms with Gasteiger partial charge in [-0.3, -0.25) is 9.78 Å². The van der Waals surface area contributed by atoms with Crippen molar-refractivity contribution < 1.29 is 9.53 Å². The summed E-state index contributed by atoms with van der Waals surface area (Å²) >= 11 is 0. The standard InChI is InChI=1S/C20H20N4O2/c25-20(24-17-7-1-4-14-5-2-10-21-19(14)17)18-9-8-15(12-23-18)22-13-16-6-3-11-26-16/h1-2,4-5,7-10,12,16,22H,3,6,11,13H2,(H,24,25). The molecule has 0 aliphatic carbocycles. The van der Waals surface area contributed by atoms with Gasteiger partial charge >= 0.3 is 0 Å². The van der Waals surface area contributed by atoms with E-state index in [1.165, 1.54) is 0 Å². The Bertz CT molecular complexity index is 900. The summed E-state index contributed by atoms with van der Waals surface area (Å²) in [6, 6.07) is 13.1. The van der Waals surface area contributed by atoms with Crippen LogP contribution in [0.4, 0.5) is 11.4 Å². The van der Waals surface area contributed by atoms with Crippen molar-refractivity contribution in [1.29, 1.82) is 0 Å². The molecule has 2 aromatic heterocycles. The number of fused-ring (bicyclic) bond motifs is 1. The van der Waals surface area contributed by atoms with Crippen LogP contribution in [0.15, 0.2) is 54.9 Å². The van der Waals surface area contributed by atoms with Crippen LogP contribution in [-0.4, -0.2) is 35.1 Å². The molecule has 4 rings (SSSR count). The van der Waals surface area contributed by atoms with Gasteiger partial charge in [-0.05, 0) is 37.1 Å². The molecule has 1 saturated heterocycles. The number of para-hydroxylation sites is 1. The lowest BCUT2D eigenvalue weighted by Crippen LogP contribution is -2.19. The number of carbonyl (C=O) groups is 1. The summed E-state index contributed by atoms with van der Waals surface area (Å²) in [7, 11) is 0. The zero-order chi connectivity index (χ0) is 17.8. The second kappa shape index (κ2) is 7.49. The van der Waals surface area contributed by atoms with E-state index in [1.807, 2.05) is 36.4 Å². The van der Waals surface area contributed by atoms with Gasteiger partial charge < -0.3 is 15.4 Å². The van der Waals surface area contributed by atoms with Crippen LogP contribution in [0.2, 0.25) is 0 Å². The van der Waals surface area contributed by atoms with Gasteiger partial charge in [-0.15, -0.1) is 0 Å². The van der Waals surface area contributed by atoms with Crippen LogP contribution in [0.1, 0.15) is 23.3 Å². The predicted molar refractivity (Wildman–Crippen MR) is 101 cm³/mol. The van der Waals surface area contributed by atoms with Gasteiger partial charge in [0.15, 0.2) is 0 Å². The fraction of sp³-hybridized carbons (Fsp3) is 0.250. The number of ether oxygens (including phenoxy) is 1. The molecule has 26 heavy (non-hydrogen) atoms. The van der Waals surface area contributed by atoms with E-state index >= 15 is 0 Å². The molecule has 3 heterocycles. The Hall–Kier alpha value is -2.99. The van der Waals surface area contributed by atoms with Gasteiger partial charge in [0, 0.05) is 24.7 Å². The zero-order valence-corrected chi connectivity index (χ0v) is 14.3. The first-order chi connectivity index (χ1) is 12.8. The number of amides is 1. The average Bonchev–Trinajstić information content (AvgIpc) is 3.21. The lowest BCUT2D eigenvalue weighted by atomic mass is 10.2.